The van der Waals surface area contributed by atoms with Gasteiger partial charge < -0.3 is 29.8 Å². The van der Waals surface area contributed by atoms with Crippen molar-refractivity contribution in [2.45, 2.75) is 72.0 Å². The minimum atomic E-state index is -3.63. The van der Waals surface area contributed by atoms with E-state index in [1.807, 2.05) is 13.8 Å². The fourth-order valence-corrected chi connectivity index (χ4v) is 5.81. The Hall–Kier alpha value is -3.06. The van der Waals surface area contributed by atoms with Gasteiger partial charge in [0.25, 0.3) is 0 Å². The average Bonchev–Trinajstić information content (AvgIpc) is 3.35. The molecule has 0 bridgehead atoms. The summed E-state index contributed by atoms with van der Waals surface area (Å²) >= 11 is 0. The maximum Gasteiger partial charge on any atom is 0.323 e. The number of rotatable bonds is 20. The van der Waals surface area contributed by atoms with Crippen LogP contribution in [-0.4, -0.2) is 76.3 Å². The van der Waals surface area contributed by atoms with Crippen LogP contribution in [0, 0.1) is 0 Å². The summed E-state index contributed by atoms with van der Waals surface area (Å²) in [4.78, 5) is 38.0. The van der Waals surface area contributed by atoms with Gasteiger partial charge in [-0.25, -0.2) is 15.2 Å². The van der Waals surface area contributed by atoms with Crippen molar-refractivity contribution in [3.8, 4) is 0 Å². The van der Waals surface area contributed by atoms with Crippen molar-refractivity contribution in [3.05, 3.63) is 19.0 Å². The molecule has 2 heterocycles. The van der Waals surface area contributed by atoms with Crippen molar-refractivity contribution in [2.24, 2.45) is 0 Å². The second-order valence-electron chi connectivity index (χ2n) is 9.00. The molecule has 0 radical (unpaired) electrons. The molecular formula is C25H43N8O6P. The highest BCUT2D eigenvalue weighted by Gasteiger charge is 2.34. The Bertz CT molecular complexity index is 1130. The Labute approximate surface area is 235 Å². The van der Waals surface area contributed by atoms with E-state index in [1.54, 1.807) is 30.8 Å². The van der Waals surface area contributed by atoms with Crippen molar-refractivity contribution in [1.29, 1.82) is 0 Å². The predicted octanol–water partition coefficient (Wildman–Crippen LogP) is 2.82. The fourth-order valence-electron chi connectivity index (χ4n) is 3.62. The first kappa shape index (κ1) is 33.1. The molecule has 224 valence electrons. The lowest BCUT2D eigenvalue weighted by Gasteiger charge is -2.28. The molecule has 14 nitrogen and oxygen atoms in total. The standard InChI is InChI=1S/C25H43N8O6P/c1-6-11-27-21-20-22(30-25(26)29-21)33(16-28-20)12-15-37-17-40(36,31-18(9-4)23(34)38-13-7-2)32-19(10-5)24(35)39-14-8-3/h6,16,18-19H,1,7-15,17H2,2-5H3,(H2,31,32,36)(H3,26,27,29,30). The van der Waals surface area contributed by atoms with Gasteiger partial charge in [-0.05, 0) is 25.7 Å². The molecule has 2 aromatic rings. The number of carbonyl (C=O) groups is 2. The van der Waals surface area contributed by atoms with Crippen molar-refractivity contribution >= 4 is 42.3 Å². The van der Waals surface area contributed by atoms with E-state index >= 15 is 0 Å². The second-order valence-corrected chi connectivity index (χ2v) is 11.3. The van der Waals surface area contributed by atoms with E-state index < -0.39 is 31.5 Å². The number of aromatic nitrogens is 4. The van der Waals surface area contributed by atoms with Crippen molar-refractivity contribution in [3.63, 3.8) is 0 Å². The van der Waals surface area contributed by atoms with E-state index in [9.17, 15) is 14.2 Å². The van der Waals surface area contributed by atoms with E-state index in [2.05, 4.69) is 37.0 Å². The Morgan fingerprint density at radius 2 is 1.65 bits per heavy atom. The summed E-state index contributed by atoms with van der Waals surface area (Å²) in [5, 5.41) is 8.86. The lowest BCUT2D eigenvalue weighted by molar-refractivity contribution is -0.146. The van der Waals surface area contributed by atoms with E-state index in [1.165, 1.54) is 0 Å². The predicted molar refractivity (Wildman–Crippen MR) is 154 cm³/mol. The summed E-state index contributed by atoms with van der Waals surface area (Å²) in [6.45, 7) is 12.4. The zero-order valence-electron chi connectivity index (χ0n) is 23.9. The van der Waals surface area contributed by atoms with E-state index in [0.717, 1.165) is 0 Å². The molecule has 2 aromatic heterocycles. The number of nitrogen functional groups attached to an aromatic ring is 1. The van der Waals surface area contributed by atoms with Gasteiger partial charge in [0.05, 0.1) is 26.1 Å². The van der Waals surface area contributed by atoms with Crippen molar-refractivity contribution in [2.75, 3.05) is 43.8 Å². The summed E-state index contributed by atoms with van der Waals surface area (Å²) < 4.78 is 32.1. The van der Waals surface area contributed by atoms with Crippen molar-refractivity contribution in [1.82, 2.24) is 29.7 Å². The topological polar surface area (TPSA) is 185 Å². The third-order valence-corrected chi connectivity index (χ3v) is 7.66. The average molecular weight is 583 g/mol. The van der Waals surface area contributed by atoms with Gasteiger partial charge in [0, 0.05) is 13.1 Å². The second kappa shape index (κ2) is 16.9. The zero-order valence-corrected chi connectivity index (χ0v) is 24.7. The van der Waals surface area contributed by atoms with Gasteiger partial charge in [-0.2, -0.15) is 9.97 Å². The number of nitrogens with one attached hydrogen (secondary N) is 3. The third-order valence-electron chi connectivity index (χ3n) is 5.66. The molecule has 0 aromatic carbocycles. The number of nitrogens with zero attached hydrogens (tertiary/aromatic N) is 4. The number of hydrogen-bond donors (Lipinski definition) is 4. The maximum absolute atomic E-state index is 14.0. The van der Waals surface area contributed by atoms with Crippen LogP contribution in [0.2, 0.25) is 0 Å². The van der Waals surface area contributed by atoms with Gasteiger partial charge in [0.2, 0.25) is 13.4 Å². The van der Waals surface area contributed by atoms with Crippen LogP contribution in [0.3, 0.4) is 0 Å². The van der Waals surface area contributed by atoms with Gasteiger partial charge in [-0.3, -0.25) is 14.2 Å². The summed E-state index contributed by atoms with van der Waals surface area (Å²) in [5.74, 6) is -0.464. The molecule has 0 amide bonds. The van der Waals surface area contributed by atoms with E-state index in [0.29, 0.717) is 55.8 Å². The zero-order chi connectivity index (χ0) is 29.5. The van der Waals surface area contributed by atoms with Crippen LogP contribution in [0.5, 0.6) is 0 Å². The highest BCUT2D eigenvalue weighted by atomic mass is 31.2. The largest absolute Gasteiger partial charge is 0.465 e. The molecule has 0 aliphatic rings. The van der Waals surface area contributed by atoms with Gasteiger partial charge in [0.1, 0.15) is 18.4 Å². The molecule has 0 fully saturated rings. The number of ether oxygens (including phenoxy) is 3. The van der Waals surface area contributed by atoms with Gasteiger partial charge in [-0.1, -0.05) is 33.8 Å². The molecule has 0 saturated carbocycles. The summed E-state index contributed by atoms with van der Waals surface area (Å²) in [6, 6.07) is -1.70. The molecule has 0 spiro atoms. The van der Waals surface area contributed by atoms with Crippen LogP contribution in [-0.2, 0) is 34.9 Å². The van der Waals surface area contributed by atoms with Gasteiger partial charge in [-0.15, -0.1) is 6.58 Å². The smallest absolute Gasteiger partial charge is 0.323 e. The highest BCUT2D eigenvalue weighted by molar-refractivity contribution is 7.59. The van der Waals surface area contributed by atoms with E-state index in [4.69, 9.17) is 19.9 Å². The number of fused-ring (bicyclic) bond motifs is 1. The number of imidazole rings is 1. The first-order valence-corrected chi connectivity index (χ1v) is 15.5. The molecular weight excluding hydrogens is 539 g/mol. The van der Waals surface area contributed by atoms with Crippen molar-refractivity contribution < 1.29 is 28.4 Å². The molecule has 15 heteroatoms. The van der Waals surface area contributed by atoms with E-state index in [-0.39, 0.29) is 32.1 Å². The first-order chi connectivity index (χ1) is 19.2. The van der Waals surface area contributed by atoms with Gasteiger partial charge in [0.15, 0.2) is 17.0 Å². The molecule has 5 N–H and O–H groups in total. The normalized spacial score (nSPS) is 14.3. The lowest BCUT2D eigenvalue weighted by Crippen LogP contribution is -2.44. The molecule has 2 rings (SSSR count). The summed E-state index contributed by atoms with van der Waals surface area (Å²) in [7, 11) is -3.63. The Morgan fingerprint density at radius 1 is 1.05 bits per heavy atom. The van der Waals surface area contributed by atoms with Crippen LogP contribution in [0.4, 0.5) is 11.8 Å². The third kappa shape index (κ3) is 9.84. The summed E-state index contributed by atoms with van der Waals surface area (Å²) in [5.41, 5.74) is 6.93. The summed E-state index contributed by atoms with van der Waals surface area (Å²) in [6.07, 6.45) is 4.96. The molecule has 0 aliphatic heterocycles. The van der Waals surface area contributed by atoms with Crippen LogP contribution >= 0.6 is 7.44 Å². The maximum atomic E-state index is 14.0. The quantitative estimate of drug-likeness (QED) is 0.0774. The molecule has 2 atom stereocenters. The number of nitrogens with two attached hydrogens (primary N) is 1. The fraction of sp³-hybridized carbons (Fsp3) is 0.640. The number of anilines is 2. The highest BCUT2D eigenvalue weighted by Crippen LogP contribution is 2.38. The molecule has 40 heavy (non-hydrogen) atoms. The van der Waals surface area contributed by atoms with Crippen LogP contribution < -0.4 is 21.2 Å². The lowest BCUT2D eigenvalue weighted by atomic mass is 10.2. The van der Waals surface area contributed by atoms with Gasteiger partial charge >= 0.3 is 11.9 Å². The number of esters is 2. The Morgan fingerprint density at radius 3 is 2.17 bits per heavy atom. The monoisotopic (exact) mass is 582 g/mol. The molecule has 0 saturated heterocycles. The molecule has 0 aliphatic carbocycles. The van der Waals surface area contributed by atoms with Crippen LogP contribution in [0.1, 0.15) is 53.4 Å². The minimum absolute atomic E-state index is 0.0840. The van der Waals surface area contributed by atoms with Crippen LogP contribution in [0.25, 0.3) is 11.2 Å². The van der Waals surface area contributed by atoms with Crippen LogP contribution in [0.15, 0.2) is 19.0 Å². The molecule has 2 unspecified atom stereocenters. The minimum Gasteiger partial charge on any atom is -0.465 e. The Kier molecular flexibility index (Phi) is 14.0. The SMILES string of the molecule is C=CCNc1nc(N)nc2c1ncn2CCOCP(=O)(NC(CC)C(=O)OCCC)NC(CC)C(=O)OCCC. The first-order valence-electron chi connectivity index (χ1n) is 13.6. The Balaban J connectivity index is 2.16. The number of hydrogen-bond acceptors (Lipinski definition) is 11. The number of carbonyl (C=O) groups excluding carboxylic acids is 2.